The minimum atomic E-state index is 0.238. The Hall–Kier alpha value is -0.490. The third-order valence-corrected chi connectivity index (χ3v) is 5.20. The highest BCUT2D eigenvalue weighted by Crippen LogP contribution is 2.38. The highest BCUT2D eigenvalue weighted by atomic mass is 35.5. The van der Waals surface area contributed by atoms with Crippen molar-refractivity contribution in [2.75, 3.05) is 6.54 Å². The largest absolute Gasteiger partial charge is 0.329 e. The van der Waals surface area contributed by atoms with Gasteiger partial charge in [-0.15, -0.1) is 11.3 Å². The van der Waals surface area contributed by atoms with E-state index in [2.05, 4.69) is 11.2 Å². The number of aryl methyl sites for hydroxylation is 2. The lowest BCUT2D eigenvalue weighted by Gasteiger charge is -2.12. The van der Waals surface area contributed by atoms with Crippen LogP contribution in [0, 0.1) is 6.92 Å². The normalized spacial score (nSPS) is 12.9. The SMILES string of the molecule is Cc1cc(SC(CN)c2ccc(Cl)s2)n(C)n1. The first-order valence-electron chi connectivity index (χ1n) is 5.22. The van der Waals surface area contributed by atoms with Gasteiger partial charge in [0.25, 0.3) is 0 Å². The van der Waals surface area contributed by atoms with E-state index < -0.39 is 0 Å². The van der Waals surface area contributed by atoms with Crippen LogP contribution in [0.25, 0.3) is 0 Å². The fourth-order valence-corrected chi connectivity index (χ4v) is 3.92. The summed E-state index contributed by atoms with van der Waals surface area (Å²) in [5.74, 6) is 0. The molecule has 0 saturated carbocycles. The van der Waals surface area contributed by atoms with Crippen molar-refractivity contribution >= 4 is 34.7 Å². The fourth-order valence-electron chi connectivity index (χ4n) is 1.57. The molecule has 0 aromatic carbocycles. The van der Waals surface area contributed by atoms with E-state index >= 15 is 0 Å². The second-order valence-corrected chi connectivity index (χ2v) is 6.70. The van der Waals surface area contributed by atoms with Crippen molar-refractivity contribution in [1.82, 2.24) is 9.78 Å². The van der Waals surface area contributed by atoms with Crippen LogP contribution in [-0.4, -0.2) is 16.3 Å². The van der Waals surface area contributed by atoms with Crippen LogP contribution in [0.1, 0.15) is 15.8 Å². The number of nitrogens with zero attached hydrogens (tertiary/aromatic N) is 2. The molecular weight excluding hydrogens is 274 g/mol. The minimum absolute atomic E-state index is 0.238. The first kappa shape index (κ1) is 13.0. The van der Waals surface area contributed by atoms with Gasteiger partial charge >= 0.3 is 0 Å². The molecule has 2 aromatic rings. The molecule has 2 heterocycles. The van der Waals surface area contributed by atoms with Gasteiger partial charge in [0.1, 0.15) is 0 Å². The van der Waals surface area contributed by atoms with Gasteiger partial charge in [0.2, 0.25) is 0 Å². The molecule has 0 radical (unpaired) electrons. The predicted molar refractivity (Wildman–Crippen MR) is 74.9 cm³/mol. The summed E-state index contributed by atoms with van der Waals surface area (Å²) in [6.07, 6.45) is 0. The molecule has 0 aliphatic rings. The van der Waals surface area contributed by atoms with Gasteiger partial charge in [-0.25, -0.2) is 0 Å². The van der Waals surface area contributed by atoms with Crippen LogP contribution >= 0.6 is 34.7 Å². The van der Waals surface area contributed by atoms with Crippen LogP contribution < -0.4 is 5.73 Å². The third-order valence-electron chi connectivity index (χ3n) is 2.35. The standard InChI is InChI=1S/C11H14ClN3S2/c1-7-5-11(15(2)14-7)17-9(6-13)8-3-4-10(12)16-8/h3-5,9H,6,13H2,1-2H3. The number of hydrogen-bond donors (Lipinski definition) is 1. The monoisotopic (exact) mass is 287 g/mol. The number of hydrogen-bond acceptors (Lipinski definition) is 4. The Kier molecular flexibility index (Phi) is 4.14. The van der Waals surface area contributed by atoms with Crippen LogP contribution in [0.5, 0.6) is 0 Å². The first-order chi connectivity index (χ1) is 8.10. The van der Waals surface area contributed by atoms with E-state index in [4.69, 9.17) is 17.3 Å². The van der Waals surface area contributed by atoms with Gasteiger partial charge in [0, 0.05) is 18.5 Å². The van der Waals surface area contributed by atoms with Crippen LogP contribution in [-0.2, 0) is 7.05 Å². The van der Waals surface area contributed by atoms with E-state index in [9.17, 15) is 0 Å². The maximum absolute atomic E-state index is 5.95. The Morgan fingerprint density at radius 2 is 2.35 bits per heavy atom. The summed E-state index contributed by atoms with van der Waals surface area (Å²) in [5.41, 5.74) is 6.85. The lowest BCUT2D eigenvalue weighted by molar-refractivity contribution is 0.690. The van der Waals surface area contributed by atoms with Crippen LogP contribution in [0.3, 0.4) is 0 Å². The van der Waals surface area contributed by atoms with Crippen LogP contribution in [0.15, 0.2) is 23.2 Å². The summed E-state index contributed by atoms with van der Waals surface area (Å²) >= 11 is 9.27. The highest BCUT2D eigenvalue weighted by Gasteiger charge is 2.16. The predicted octanol–water partition coefficient (Wildman–Crippen LogP) is 3.24. The summed E-state index contributed by atoms with van der Waals surface area (Å²) in [6, 6.07) is 6.03. The summed E-state index contributed by atoms with van der Waals surface area (Å²) in [5, 5.41) is 5.70. The average Bonchev–Trinajstić information content (AvgIpc) is 2.82. The molecule has 1 atom stereocenters. The molecule has 2 aromatic heterocycles. The molecule has 2 N–H and O–H groups in total. The summed E-state index contributed by atoms with van der Waals surface area (Å²) in [4.78, 5) is 1.21. The molecule has 17 heavy (non-hydrogen) atoms. The Labute approximate surface area is 114 Å². The quantitative estimate of drug-likeness (QED) is 0.878. The van der Waals surface area contributed by atoms with Crippen molar-refractivity contribution in [3.05, 3.63) is 33.1 Å². The van der Waals surface area contributed by atoms with Gasteiger partial charge < -0.3 is 5.73 Å². The maximum Gasteiger partial charge on any atom is 0.0946 e. The molecule has 92 valence electrons. The van der Waals surface area contributed by atoms with Gasteiger partial charge in [-0.2, -0.15) is 5.10 Å². The van der Waals surface area contributed by atoms with Crippen molar-refractivity contribution in [1.29, 1.82) is 0 Å². The second-order valence-electron chi connectivity index (χ2n) is 3.73. The number of nitrogens with two attached hydrogens (primary N) is 1. The van der Waals surface area contributed by atoms with Gasteiger partial charge in [0.05, 0.1) is 20.3 Å². The molecule has 6 heteroatoms. The Morgan fingerprint density at radius 3 is 2.82 bits per heavy atom. The van der Waals surface area contributed by atoms with Crippen molar-refractivity contribution in [2.24, 2.45) is 12.8 Å². The zero-order valence-electron chi connectivity index (χ0n) is 9.68. The van der Waals surface area contributed by atoms with Gasteiger partial charge in [-0.1, -0.05) is 23.4 Å². The molecular formula is C11H14ClN3S2. The molecule has 0 fully saturated rings. The second kappa shape index (κ2) is 5.44. The van der Waals surface area contributed by atoms with Crippen LogP contribution in [0.2, 0.25) is 4.34 Å². The summed E-state index contributed by atoms with van der Waals surface area (Å²) in [7, 11) is 1.95. The molecule has 3 nitrogen and oxygen atoms in total. The van der Waals surface area contributed by atoms with E-state index in [-0.39, 0.29) is 5.25 Å². The van der Waals surface area contributed by atoms with Crippen molar-refractivity contribution in [3.63, 3.8) is 0 Å². The molecule has 0 bridgehead atoms. The number of thiophene rings is 1. The Bertz CT molecular complexity index is 507. The van der Waals surface area contributed by atoms with E-state index in [0.717, 1.165) is 15.1 Å². The highest BCUT2D eigenvalue weighted by molar-refractivity contribution is 7.99. The number of halogens is 1. The molecule has 1 unspecified atom stereocenters. The smallest absolute Gasteiger partial charge is 0.0946 e. The minimum Gasteiger partial charge on any atom is -0.329 e. The van der Waals surface area contributed by atoms with Crippen molar-refractivity contribution in [2.45, 2.75) is 17.2 Å². The lowest BCUT2D eigenvalue weighted by Crippen LogP contribution is -2.08. The zero-order chi connectivity index (χ0) is 12.4. The van der Waals surface area contributed by atoms with E-state index in [1.54, 1.807) is 23.1 Å². The number of thioether (sulfide) groups is 1. The van der Waals surface area contributed by atoms with Crippen molar-refractivity contribution < 1.29 is 0 Å². The average molecular weight is 288 g/mol. The zero-order valence-corrected chi connectivity index (χ0v) is 12.1. The van der Waals surface area contributed by atoms with Gasteiger partial charge in [-0.05, 0) is 25.1 Å². The molecule has 0 aliphatic carbocycles. The molecule has 0 aliphatic heterocycles. The fraction of sp³-hybridized carbons (Fsp3) is 0.364. The molecule has 0 saturated heterocycles. The summed E-state index contributed by atoms with van der Waals surface area (Å²) < 4.78 is 2.69. The van der Waals surface area contributed by atoms with E-state index in [1.165, 1.54) is 4.88 Å². The number of rotatable bonds is 4. The Morgan fingerprint density at radius 1 is 1.59 bits per heavy atom. The molecule has 2 rings (SSSR count). The Balaban J connectivity index is 2.18. The third kappa shape index (κ3) is 3.04. The van der Waals surface area contributed by atoms with E-state index in [1.807, 2.05) is 30.8 Å². The molecule has 0 spiro atoms. The van der Waals surface area contributed by atoms with Gasteiger partial charge in [0.15, 0.2) is 0 Å². The van der Waals surface area contributed by atoms with Gasteiger partial charge in [-0.3, -0.25) is 4.68 Å². The number of aromatic nitrogens is 2. The lowest BCUT2D eigenvalue weighted by atomic mass is 10.3. The van der Waals surface area contributed by atoms with Crippen LogP contribution in [0.4, 0.5) is 0 Å². The van der Waals surface area contributed by atoms with Crippen molar-refractivity contribution in [3.8, 4) is 0 Å². The maximum atomic E-state index is 5.95. The first-order valence-corrected chi connectivity index (χ1v) is 7.30. The molecule has 0 amide bonds. The topological polar surface area (TPSA) is 43.8 Å². The van der Waals surface area contributed by atoms with E-state index in [0.29, 0.717) is 6.54 Å². The summed E-state index contributed by atoms with van der Waals surface area (Å²) in [6.45, 7) is 2.58.